The first-order chi connectivity index (χ1) is 12.0. The summed E-state index contributed by atoms with van der Waals surface area (Å²) in [6.07, 6.45) is -4.77. The molecule has 26 heavy (non-hydrogen) atoms. The summed E-state index contributed by atoms with van der Waals surface area (Å²) in [6, 6.07) is 7.15. The molecule has 2 N–H and O–H groups in total. The molecule has 0 aliphatic rings. The van der Waals surface area contributed by atoms with Crippen LogP contribution in [0.3, 0.4) is 0 Å². The van der Waals surface area contributed by atoms with Crippen molar-refractivity contribution in [2.24, 2.45) is 0 Å². The fraction of sp³-hybridized carbons (Fsp3) is 0.188. The number of alkyl halides is 3. The quantitative estimate of drug-likeness (QED) is 0.771. The Kier molecular flexibility index (Phi) is 5.67. The molecule has 0 spiro atoms. The van der Waals surface area contributed by atoms with Gasteiger partial charge in [0.2, 0.25) is 10.0 Å². The molecule has 0 saturated carbocycles. The minimum Gasteiger partial charge on any atom is -0.348 e. The van der Waals surface area contributed by atoms with E-state index >= 15 is 0 Å². The van der Waals surface area contributed by atoms with Crippen molar-refractivity contribution in [2.45, 2.75) is 17.6 Å². The molecule has 0 radical (unpaired) electrons. The summed E-state index contributed by atoms with van der Waals surface area (Å²) in [4.78, 5) is 12.0. The van der Waals surface area contributed by atoms with Crippen molar-refractivity contribution >= 4 is 15.9 Å². The summed E-state index contributed by atoms with van der Waals surface area (Å²) in [5.74, 6) is -1.81. The van der Waals surface area contributed by atoms with Gasteiger partial charge in [0.1, 0.15) is 5.82 Å². The zero-order chi connectivity index (χ0) is 19.5. The van der Waals surface area contributed by atoms with Crippen LogP contribution in [0.15, 0.2) is 47.4 Å². The highest BCUT2D eigenvalue weighted by Gasteiger charge is 2.33. The van der Waals surface area contributed by atoms with Crippen molar-refractivity contribution < 1.29 is 30.8 Å². The molecule has 0 aliphatic carbocycles. The number of carbonyl (C=O) groups excluding carboxylic acids is 1. The fourth-order valence-corrected chi connectivity index (χ4v) is 2.94. The molecule has 0 atom stereocenters. The van der Waals surface area contributed by atoms with Gasteiger partial charge in [-0.1, -0.05) is 12.1 Å². The van der Waals surface area contributed by atoms with E-state index in [0.717, 1.165) is 18.2 Å². The number of hydrogen-bond donors (Lipinski definition) is 2. The van der Waals surface area contributed by atoms with Gasteiger partial charge in [-0.3, -0.25) is 4.79 Å². The lowest BCUT2D eigenvalue weighted by Crippen LogP contribution is -2.25. The summed E-state index contributed by atoms with van der Waals surface area (Å²) in [6.45, 7) is -0.503. The number of sulfonamides is 1. The molecule has 0 unspecified atom stereocenters. The van der Waals surface area contributed by atoms with Crippen LogP contribution in [0.2, 0.25) is 0 Å². The standard InChI is InChI=1S/C16H14F4N2O3S/c1-21-26(24,25)13-4-2-3-10(7-13)15(23)22-9-11-5-6-12(17)8-14(11)16(18,19)20/h2-8,21H,9H2,1H3,(H,22,23). The van der Waals surface area contributed by atoms with E-state index in [4.69, 9.17) is 0 Å². The molecule has 0 aliphatic heterocycles. The van der Waals surface area contributed by atoms with Crippen LogP contribution in [-0.4, -0.2) is 21.4 Å². The van der Waals surface area contributed by atoms with E-state index in [1.807, 2.05) is 0 Å². The van der Waals surface area contributed by atoms with Crippen LogP contribution in [-0.2, 0) is 22.7 Å². The van der Waals surface area contributed by atoms with Gasteiger partial charge in [0.15, 0.2) is 0 Å². The minimum atomic E-state index is -4.77. The van der Waals surface area contributed by atoms with Crippen molar-refractivity contribution in [3.8, 4) is 0 Å². The molecule has 5 nitrogen and oxygen atoms in total. The second-order valence-corrected chi connectivity index (χ2v) is 7.10. The molecule has 0 saturated heterocycles. The zero-order valence-corrected chi connectivity index (χ0v) is 14.2. The van der Waals surface area contributed by atoms with Gasteiger partial charge < -0.3 is 5.32 Å². The maximum atomic E-state index is 13.1. The highest BCUT2D eigenvalue weighted by molar-refractivity contribution is 7.89. The van der Waals surface area contributed by atoms with E-state index < -0.39 is 40.0 Å². The molecule has 0 aromatic heterocycles. The van der Waals surface area contributed by atoms with E-state index in [1.54, 1.807) is 0 Å². The topological polar surface area (TPSA) is 75.3 Å². The SMILES string of the molecule is CNS(=O)(=O)c1cccc(C(=O)NCc2ccc(F)cc2C(F)(F)F)c1. The van der Waals surface area contributed by atoms with Crippen LogP contribution in [0, 0.1) is 5.82 Å². The van der Waals surface area contributed by atoms with Gasteiger partial charge in [0.25, 0.3) is 5.91 Å². The smallest absolute Gasteiger partial charge is 0.348 e. The molecule has 0 fully saturated rings. The zero-order valence-electron chi connectivity index (χ0n) is 13.4. The Morgan fingerprint density at radius 1 is 1.12 bits per heavy atom. The summed E-state index contributed by atoms with van der Waals surface area (Å²) >= 11 is 0. The Balaban J connectivity index is 2.22. The van der Waals surface area contributed by atoms with Crippen LogP contribution in [0.4, 0.5) is 17.6 Å². The molecule has 140 valence electrons. The van der Waals surface area contributed by atoms with Crippen molar-refractivity contribution in [1.82, 2.24) is 10.0 Å². The Morgan fingerprint density at radius 2 is 1.81 bits per heavy atom. The van der Waals surface area contributed by atoms with Crippen LogP contribution in [0.25, 0.3) is 0 Å². The third-order valence-corrected chi connectivity index (χ3v) is 4.90. The average molecular weight is 390 g/mol. The number of hydrogen-bond acceptors (Lipinski definition) is 3. The Morgan fingerprint density at radius 3 is 2.42 bits per heavy atom. The van der Waals surface area contributed by atoms with Gasteiger partial charge in [0.05, 0.1) is 10.5 Å². The third-order valence-electron chi connectivity index (χ3n) is 3.49. The molecule has 2 aromatic rings. The molecular weight excluding hydrogens is 376 g/mol. The Bertz CT molecular complexity index is 927. The van der Waals surface area contributed by atoms with Crippen molar-refractivity contribution in [3.63, 3.8) is 0 Å². The van der Waals surface area contributed by atoms with Gasteiger partial charge >= 0.3 is 6.18 Å². The number of carbonyl (C=O) groups is 1. The van der Waals surface area contributed by atoms with E-state index in [9.17, 15) is 30.8 Å². The molecule has 10 heteroatoms. The van der Waals surface area contributed by atoms with Crippen LogP contribution in [0.5, 0.6) is 0 Å². The number of nitrogens with one attached hydrogen (secondary N) is 2. The highest BCUT2D eigenvalue weighted by Crippen LogP contribution is 2.32. The lowest BCUT2D eigenvalue weighted by Gasteiger charge is -2.14. The van der Waals surface area contributed by atoms with Gasteiger partial charge in [-0.15, -0.1) is 0 Å². The normalized spacial score (nSPS) is 12.0. The lowest BCUT2D eigenvalue weighted by molar-refractivity contribution is -0.138. The van der Waals surface area contributed by atoms with Crippen molar-refractivity contribution in [3.05, 3.63) is 65.0 Å². The van der Waals surface area contributed by atoms with E-state index in [0.29, 0.717) is 6.07 Å². The molecule has 2 aromatic carbocycles. The van der Waals surface area contributed by atoms with Crippen LogP contribution >= 0.6 is 0 Å². The number of benzene rings is 2. The molecule has 2 rings (SSSR count). The predicted molar refractivity (Wildman–Crippen MR) is 85.3 cm³/mol. The van der Waals surface area contributed by atoms with E-state index in [1.165, 1.54) is 25.2 Å². The first kappa shape index (κ1) is 19.9. The summed E-state index contributed by atoms with van der Waals surface area (Å²) in [5.41, 5.74) is -1.55. The predicted octanol–water partition coefficient (Wildman–Crippen LogP) is 2.68. The van der Waals surface area contributed by atoms with Crippen LogP contribution in [0.1, 0.15) is 21.5 Å². The van der Waals surface area contributed by atoms with E-state index in [2.05, 4.69) is 10.0 Å². The van der Waals surface area contributed by atoms with Gasteiger partial charge in [-0.05, 0) is 42.9 Å². The number of rotatable bonds is 5. The third kappa shape index (κ3) is 4.58. The number of amides is 1. The Labute approximate surface area is 147 Å². The minimum absolute atomic E-state index is 0.0444. The second-order valence-electron chi connectivity index (χ2n) is 5.22. The number of halogens is 4. The lowest BCUT2D eigenvalue weighted by atomic mass is 10.1. The van der Waals surface area contributed by atoms with Gasteiger partial charge in [-0.2, -0.15) is 13.2 Å². The molecular formula is C16H14F4N2O3S. The average Bonchev–Trinajstić information content (AvgIpc) is 2.59. The Hall–Kier alpha value is -2.46. The van der Waals surface area contributed by atoms with Crippen molar-refractivity contribution in [1.29, 1.82) is 0 Å². The molecule has 0 heterocycles. The maximum absolute atomic E-state index is 13.1. The maximum Gasteiger partial charge on any atom is 0.416 e. The largest absolute Gasteiger partial charge is 0.416 e. The highest BCUT2D eigenvalue weighted by atomic mass is 32.2. The monoisotopic (exact) mass is 390 g/mol. The fourth-order valence-electron chi connectivity index (χ4n) is 2.17. The van der Waals surface area contributed by atoms with Gasteiger partial charge in [-0.25, -0.2) is 17.5 Å². The van der Waals surface area contributed by atoms with Crippen molar-refractivity contribution in [2.75, 3.05) is 7.05 Å². The van der Waals surface area contributed by atoms with E-state index in [-0.39, 0.29) is 16.0 Å². The summed E-state index contributed by atoms with van der Waals surface area (Å²) in [7, 11) is -2.57. The summed E-state index contributed by atoms with van der Waals surface area (Å²) < 4.78 is 77.5. The molecule has 0 bridgehead atoms. The summed E-state index contributed by atoms with van der Waals surface area (Å²) in [5, 5.41) is 2.27. The first-order valence-electron chi connectivity index (χ1n) is 7.22. The first-order valence-corrected chi connectivity index (χ1v) is 8.70. The molecule has 1 amide bonds. The second kappa shape index (κ2) is 7.42. The van der Waals surface area contributed by atoms with Gasteiger partial charge in [0, 0.05) is 12.1 Å². The van der Waals surface area contributed by atoms with Crippen LogP contribution < -0.4 is 10.0 Å².